The lowest BCUT2D eigenvalue weighted by atomic mass is 9.96. The lowest BCUT2D eigenvalue weighted by Gasteiger charge is -2.19. The van der Waals surface area contributed by atoms with E-state index in [0.29, 0.717) is 5.56 Å². The zero-order chi connectivity index (χ0) is 25.7. The van der Waals surface area contributed by atoms with Gasteiger partial charge in [-0.3, -0.25) is 19.2 Å². The van der Waals surface area contributed by atoms with Crippen molar-refractivity contribution in [3.8, 4) is 11.3 Å². The molecule has 0 radical (unpaired) electrons. The van der Waals surface area contributed by atoms with Gasteiger partial charge < -0.3 is 31.1 Å². The number of aliphatic hydroxyl groups excluding tert-OH is 2. The summed E-state index contributed by atoms with van der Waals surface area (Å²) in [4.78, 5) is 47.3. The number of nitrogens with zero attached hydrogens (tertiary/aromatic N) is 3. The zero-order valence-electron chi connectivity index (χ0n) is 18.9. The molecule has 35 heavy (non-hydrogen) atoms. The first-order valence-electron chi connectivity index (χ1n) is 11.0. The minimum absolute atomic E-state index is 0.157. The van der Waals surface area contributed by atoms with Gasteiger partial charge in [-0.05, 0) is 0 Å². The second-order valence-corrected chi connectivity index (χ2v) is 8.14. The van der Waals surface area contributed by atoms with Gasteiger partial charge in [-0.1, -0.05) is 42.5 Å². The smallest absolute Gasteiger partial charge is 0.304 e. The summed E-state index contributed by atoms with van der Waals surface area (Å²) >= 11 is 0. The lowest BCUT2D eigenvalue weighted by molar-refractivity contribution is -0.142. The number of aliphatic carboxylic acids is 1. The van der Waals surface area contributed by atoms with E-state index >= 15 is 0 Å². The molecule has 1 saturated heterocycles. The van der Waals surface area contributed by atoms with Gasteiger partial charge >= 0.3 is 5.97 Å². The highest BCUT2D eigenvalue weighted by Gasteiger charge is 2.45. The molecular weight excluding hydrogens is 462 g/mol. The molecule has 2 heterocycles. The van der Waals surface area contributed by atoms with Crippen LogP contribution in [0.15, 0.2) is 30.3 Å². The molecule has 6 N–H and O–H groups in total. The molecule has 0 bridgehead atoms. The van der Waals surface area contributed by atoms with Crippen molar-refractivity contribution in [3.05, 3.63) is 36.0 Å². The molecule has 2 aromatic rings. The van der Waals surface area contributed by atoms with E-state index < -0.39 is 54.7 Å². The number of carbonyl (C=O) groups is 4. The van der Waals surface area contributed by atoms with Crippen LogP contribution in [0.1, 0.15) is 42.9 Å². The van der Waals surface area contributed by atoms with Crippen molar-refractivity contribution in [2.24, 2.45) is 11.7 Å². The topological polar surface area (TPSA) is 207 Å². The van der Waals surface area contributed by atoms with Crippen molar-refractivity contribution in [2.75, 3.05) is 6.54 Å². The Bertz CT molecular complexity index is 1090. The minimum Gasteiger partial charge on any atom is -0.481 e. The number of carboxylic acid groups (broad SMARTS) is 1. The third-order valence-electron chi connectivity index (χ3n) is 5.69. The summed E-state index contributed by atoms with van der Waals surface area (Å²) in [7, 11) is 0. The maximum absolute atomic E-state index is 12.5. The Morgan fingerprint density at radius 1 is 1.14 bits per heavy atom. The molecule has 1 aromatic heterocycles. The van der Waals surface area contributed by atoms with Gasteiger partial charge in [0.25, 0.3) is 5.91 Å². The SMILES string of the molecule is CCC(=O)C[C@@H](CC(=O)O)C(=O)NC[C@H]1O[C@@H](n2nnc(C(N)=O)c2-c2ccccc2)[C@H](O)[C@@H]1O. The van der Waals surface area contributed by atoms with Crippen LogP contribution in [0.3, 0.4) is 0 Å². The number of Topliss-reactive ketones (excluding diaryl/α,β-unsaturated/α-hetero) is 1. The summed E-state index contributed by atoms with van der Waals surface area (Å²) in [6.07, 6.45) is -5.93. The number of rotatable bonds is 11. The number of primary amides is 1. The van der Waals surface area contributed by atoms with E-state index in [1.807, 2.05) is 0 Å². The fourth-order valence-electron chi connectivity index (χ4n) is 3.84. The third-order valence-corrected chi connectivity index (χ3v) is 5.69. The number of aromatic nitrogens is 3. The normalized spacial score (nSPS) is 22.5. The second kappa shape index (κ2) is 11.2. The van der Waals surface area contributed by atoms with Gasteiger partial charge in [0.2, 0.25) is 5.91 Å². The van der Waals surface area contributed by atoms with Crippen LogP contribution in [-0.4, -0.2) is 78.7 Å². The van der Waals surface area contributed by atoms with E-state index in [0.717, 1.165) is 4.68 Å². The van der Waals surface area contributed by atoms with Gasteiger partial charge in [0, 0.05) is 24.9 Å². The quantitative estimate of drug-likeness (QED) is 0.266. The number of amides is 2. The van der Waals surface area contributed by atoms with Gasteiger partial charge in [-0.15, -0.1) is 5.10 Å². The largest absolute Gasteiger partial charge is 0.481 e. The van der Waals surface area contributed by atoms with Crippen molar-refractivity contribution in [3.63, 3.8) is 0 Å². The van der Waals surface area contributed by atoms with Crippen LogP contribution in [0.2, 0.25) is 0 Å². The maximum Gasteiger partial charge on any atom is 0.304 e. The van der Waals surface area contributed by atoms with Crippen molar-refractivity contribution < 1.29 is 39.2 Å². The molecule has 13 nitrogen and oxygen atoms in total. The predicted octanol–water partition coefficient (Wildman–Crippen LogP) is -0.760. The number of carboxylic acids is 1. The Morgan fingerprint density at radius 3 is 2.43 bits per heavy atom. The molecule has 1 aromatic carbocycles. The van der Waals surface area contributed by atoms with E-state index in [1.54, 1.807) is 37.3 Å². The Balaban J connectivity index is 1.77. The van der Waals surface area contributed by atoms with Crippen molar-refractivity contribution in [2.45, 2.75) is 50.7 Å². The molecule has 0 unspecified atom stereocenters. The van der Waals surface area contributed by atoms with Gasteiger partial charge in [-0.25, -0.2) is 4.68 Å². The Labute approximate surface area is 199 Å². The average molecular weight is 489 g/mol. The molecule has 188 valence electrons. The first-order valence-corrected chi connectivity index (χ1v) is 11.0. The molecular formula is C22H27N5O8. The monoisotopic (exact) mass is 489 g/mol. The summed E-state index contributed by atoms with van der Waals surface area (Å²) < 4.78 is 6.89. The molecule has 0 aliphatic carbocycles. The number of benzene rings is 1. The maximum atomic E-state index is 12.5. The standard InChI is InChI=1S/C22H27N5O8/c1-2-13(28)8-12(9-15(29)30)21(34)24-10-14-18(31)19(32)22(35-14)27-17(11-6-4-3-5-7-11)16(20(23)33)25-26-27/h3-7,12,14,18-19,22,31-32H,2,8-10H2,1H3,(H2,23,33)(H,24,34)(H,29,30)/t12-,14+,18+,19+,22+/m0/s1. The minimum atomic E-state index is -1.50. The van der Waals surface area contributed by atoms with E-state index in [-0.39, 0.29) is 36.6 Å². The van der Waals surface area contributed by atoms with E-state index in [1.165, 1.54) is 0 Å². The number of hydrogen-bond acceptors (Lipinski definition) is 9. The molecule has 1 aliphatic rings. The van der Waals surface area contributed by atoms with E-state index in [9.17, 15) is 29.4 Å². The van der Waals surface area contributed by atoms with Crippen molar-refractivity contribution >= 4 is 23.6 Å². The van der Waals surface area contributed by atoms with Crippen molar-refractivity contribution in [1.29, 1.82) is 0 Å². The highest BCUT2D eigenvalue weighted by Crippen LogP contribution is 2.33. The van der Waals surface area contributed by atoms with Crippen LogP contribution in [0.4, 0.5) is 0 Å². The number of aliphatic hydroxyl groups is 2. The van der Waals surface area contributed by atoms with Gasteiger partial charge in [0.05, 0.1) is 12.3 Å². The molecule has 2 amide bonds. The van der Waals surface area contributed by atoms with Gasteiger partial charge in [0.1, 0.15) is 29.8 Å². The average Bonchev–Trinajstić information content (AvgIpc) is 3.39. The Morgan fingerprint density at radius 2 is 1.83 bits per heavy atom. The number of carbonyl (C=O) groups excluding carboxylic acids is 3. The number of nitrogens with two attached hydrogens (primary N) is 1. The summed E-state index contributed by atoms with van der Waals surface area (Å²) in [5.74, 6) is -4.12. The summed E-state index contributed by atoms with van der Waals surface area (Å²) in [6.45, 7) is 1.34. The second-order valence-electron chi connectivity index (χ2n) is 8.14. The van der Waals surface area contributed by atoms with Crippen LogP contribution < -0.4 is 11.1 Å². The van der Waals surface area contributed by atoms with Crippen LogP contribution in [0, 0.1) is 5.92 Å². The molecule has 0 spiro atoms. The van der Waals surface area contributed by atoms with Gasteiger partial charge in [-0.2, -0.15) is 0 Å². The molecule has 3 rings (SSSR count). The van der Waals surface area contributed by atoms with Gasteiger partial charge in [0.15, 0.2) is 11.9 Å². The number of hydrogen-bond donors (Lipinski definition) is 5. The molecule has 5 atom stereocenters. The van der Waals surface area contributed by atoms with Crippen LogP contribution in [0.5, 0.6) is 0 Å². The molecule has 1 fully saturated rings. The molecule has 1 aliphatic heterocycles. The highest BCUT2D eigenvalue weighted by molar-refractivity contribution is 5.96. The predicted molar refractivity (Wildman–Crippen MR) is 119 cm³/mol. The van der Waals surface area contributed by atoms with Crippen molar-refractivity contribution in [1.82, 2.24) is 20.3 Å². The van der Waals surface area contributed by atoms with E-state index in [2.05, 4.69) is 15.6 Å². The van der Waals surface area contributed by atoms with Crippen LogP contribution >= 0.6 is 0 Å². The Hall–Kier alpha value is -3.68. The summed E-state index contributed by atoms with van der Waals surface area (Å²) in [5.41, 5.74) is 5.96. The van der Waals surface area contributed by atoms with E-state index in [4.69, 9.17) is 15.6 Å². The van der Waals surface area contributed by atoms with Crippen LogP contribution in [0.25, 0.3) is 11.3 Å². The highest BCUT2D eigenvalue weighted by atomic mass is 16.6. The molecule has 0 saturated carbocycles. The summed E-state index contributed by atoms with van der Waals surface area (Å²) in [6, 6.07) is 8.55. The fraction of sp³-hybridized carbons (Fsp3) is 0.455. The number of ketones is 1. The zero-order valence-corrected chi connectivity index (χ0v) is 18.9. The summed E-state index contributed by atoms with van der Waals surface area (Å²) in [5, 5.41) is 40.4. The number of nitrogens with one attached hydrogen (secondary N) is 1. The Kier molecular flexibility index (Phi) is 8.27. The third kappa shape index (κ3) is 5.88. The molecule has 13 heteroatoms. The fourth-order valence-corrected chi connectivity index (χ4v) is 3.84. The number of ether oxygens (including phenoxy) is 1. The lowest BCUT2D eigenvalue weighted by Crippen LogP contribution is -2.42. The first-order chi connectivity index (χ1) is 16.6. The van der Waals surface area contributed by atoms with Crippen LogP contribution in [-0.2, 0) is 19.1 Å². The first kappa shape index (κ1) is 25.9.